The van der Waals surface area contributed by atoms with Crippen LogP contribution in [-0.2, 0) is 14.6 Å². The van der Waals surface area contributed by atoms with E-state index in [2.05, 4.69) is 0 Å². The fourth-order valence-corrected chi connectivity index (χ4v) is 1.37. The van der Waals surface area contributed by atoms with Crippen LogP contribution in [0.1, 0.15) is 33.6 Å². The molecule has 4 heteroatoms. The van der Waals surface area contributed by atoms with Crippen LogP contribution < -0.4 is 0 Å². The number of Topliss-reactive ketones (excluding diaryl/α,β-unsaturated/α-hetero) is 1. The summed E-state index contributed by atoms with van der Waals surface area (Å²) in [6.07, 6.45) is 2.04. The smallest absolute Gasteiger partial charge is 0.147 e. The Morgan fingerprint density at radius 2 is 1.77 bits per heavy atom. The van der Waals surface area contributed by atoms with E-state index in [0.717, 1.165) is 12.7 Å². The first-order chi connectivity index (χ1) is 5.69. The molecule has 0 N–H and O–H groups in total. The van der Waals surface area contributed by atoms with Crippen LogP contribution in [0.15, 0.2) is 0 Å². The molecule has 0 aliphatic carbocycles. The number of hydrogen-bond donors (Lipinski definition) is 0. The summed E-state index contributed by atoms with van der Waals surface area (Å²) in [7, 11) is -3.01. The van der Waals surface area contributed by atoms with Gasteiger partial charge >= 0.3 is 0 Å². The summed E-state index contributed by atoms with van der Waals surface area (Å²) in [5, 5.41) is 0. The molecule has 0 aromatic heterocycles. The third-order valence-corrected chi connectivity index (χ3v) is 3.28. The number of ketones is 1. The van der Waals surface area contributed by atoms with Gasteiger partial charge in [0.25, 0.3) is 0 Å². The van der Waals surface area contributed by atoms with Gasteiger partial charge in [-0.2, -0.15) is 0 Å². The van der Waals surface area contributed by atoms with E-state index in [9.17, 15) is 13.2 Å². The molecule has 0 saturated heterocycles. The van der Waals surface area contributed by atoms with E-state index in [1.807, 2.05) is 20.8 Å². The van der Waals surface area contributed by atoms with Crippen molar-refractivity contribution in [2.45, 2.75) is 33.6 Å². The SMILES string of the molecule is CCC(C)(C)C(=O)CCS(C)(=O)=O. The Bertz CT molecular complexity index is 275. The van der Waals surface area contributed by atoms with Crippen molar-refractivity contribution in [1.29, 1.82) is 0 Å². The lowest BCUT2D eigenvalue weighted by atomic mass is 9.84. The van der Waals surface area contributed by atoms with Crippen LogP contribution in [0.5, 0.6) is 0 Å². The fourth-order valence-electron chi connectivity index (χ4n) is 0.814. The topological polar surface area (TPSA) is 51.2 Å². The maximum atomic E-state index is 11.5. The minimum Gasteiger partial charge on any atom is -0.299 e. The number of carbonyl (C=O) groups is 1. The van der Waals surface area contributed by atoms with E-state index in [1.54, 1.807) is 0 Å². The van der Waals surface area contributed by atoms with Gasteiger partial charge in [0.15, 0.2) is 0 Å². The molecular formula is C9H18O3S. The molecule has 0 heterocycles. The van der Waals surface area contributed by atoms with Gasteiger partial charge in [0.1, 0.15) is 15.6 Å². The van der Waals surface area contributed by atoms with Crippen LogP contribution in [0.3, 0.4) is 0 Å². The Morgan fingerprint density at radius 1 is 1.31 bits per heavy atom. The van der Waals surface area contributed by atoms with Crippen molar-refractivity contribution in [3.63, 3.8) is 0 Å². The maximum absolute atomic E-state index is 11.5. The van der Waals surface area contributed by atoms with Gasteiger partial charge in [-0.25, -0.2) is 8.42 Å². The molecule has 0 saturated carbocycles. The second kappa shape index (κ2) is 4.22. The van der Waals surface area contributed by atoms with Gasteiger partial charge in [0, 0.05) is 18.1 Å². The van der Waals surface area contributed by atoms with E-state index >= 15 is 0 Å². The minimum absolute atomic E-state index is 0.0282. The molecular weight excluding hydrogens is 188 g/mol. The van der Waals surface area contributed by atoms with Crippen molar-refractivity contribution in [2.75, 3.05) is 12.0 Å². The third-order valence-electron chi connectivity index (χ3n) is 2.34. The minimum atomic E-state index is -3.01. The summed E-state index contributed by atoms with van der Waals surface area (Å²) in [6, 6.07) is 0. The van der Waals surface area contributed by atoms with Gasteiger partial charge in [-0.1, -0.05) is 20.8 Å². The van der Waals surface area contributed by atoms with Crippen LogP contribution in [0.4, 0.5) is 0 Å². The third kappa shape index (κ3) is 5.03. The molecule has 0 aliphatic heterocycles. The van der Waals surface area contributed by atoms with E-state index in [0.29, 0.717) is 0 Å². The Kier molecular flexibility index (Phi) is 4.10. The predicted molar refractivity (Wildman–Crippen MR) is 53.4 cm³/mol. The monoisotopic (exact) mass is 206 g/mol. The molecule has 0 aromatic rings. The van der Waals surface area contributed by atoms with E-state index in [-0.39, 0.29) is 23.4 Å². The van der Waals surface area contributed by atoms with Crippen LogP contribution >= 0.6 is 0 Å². The van der Waals surface area contributed by atoms with Gasteiger partial charge in [-0.3, -0.25) is 4.79 Å². The zero-order valence-electron chi connectivity index (χ0n) is 8.75. The van der Waals surface area contributed by atoms with Crippen molar-refractivity contribution in [1.82, 2.24) is 0 Å². The van der Waals surface area contributed by atoms with E-state index in [1.165, 1.54) is 0 Å². The molecule has 0 atom stereocenters. The highest BCUT2D eigenvalue weighted by Gasteiger charge is 2.25. The predicted octanol–water partition coefficient (Wildman–Crippen LogP) is 1.43. The highest BCUT2D eigenvalue weighted by molar-refractivity contribution is 7.90. The highest BCUT2D eigenvalue weighted by Crippen LogP contribution is 2.22. The van der Waals surface area contributed by atoms with Crippen molar-refractivity contribution < 1.29 is 13.2 Å². The molecule has 0 aromatic carbocycles. The summed E-state index contributed by atoms with van der Waals surface area (Å²) in [6.45, 7) is 5.62. The summed E-state index contributed by atoms with van der Waals surface area (Å²) >= 11 is 0. The molecule has 0 unspecified atom stereocenters. The molecule has 0 radical (unpaired) electrons. The van der Waals surface area contributed by atoms with Gasteiger partial charge in [0.2, 0.25) is 0 Å². The number of carbonyl (C=O) groups excluding carboxylic acids is 1. The van der Waals surface area contributed by atoms with Crippen LogP contribution in [0, 0.1) is 5.41 Å². The van der Waals surface area contributed by atoms with E-state index < -0.39 is 9.84 Å². The Labute approximate surface area is 80.4 Å². The summed E-state index contributed by atoms with van der Waals surface area (Å²) in [5.41, 5.74) is -0.384. The number of hydrogen-bond acceptors (Lipinski definition) is 3. The number of rotatable bonds is 5. The Balaban J connectivity index is 4.19. The van der Waals surface area contributed by atoms with Crippen LogP contribution in [0.2, 0.25) is 0 Å². The summed E-state index contributed by atoms with van der Waals surface area (Å²) < 4.78 is 21.6. The van der Waals surface area contributed by atoms with Crippen LogP contribution in [0.25, 0.3) is 0 Å². The lowest BCUT2D eigenvalue weighted by Crippen LogP contribution is -2.25. The first-order valence-electron chi connectivity index (χ1n) is 4.40. The van der Waals surface area contributed by atoms with Crippen molar-refractivity contribution >= 4 is 15.6 Å². The van der Waals surface area contributed by atoms with Crippen LogP contribution in [-0.4, -0.2) is 26.2 Å². The van der Waals surface area contributed by atoms with E-state index in [4.69, 9.17) is 0 Å². The molecule has 0 fully saturated rings. The quantitative estimate of drug-likeness (QED) is 0.683. The van der Waals surface area contributed by atoms with Crippen molar-refractivity contribution in [3.05, 3.63) is 0 Å². The average Bonchev–Trinajstić information content (AvgIpc) is 1.98. The Morgan fingerprint density at radius 3 is 2.08 bits per heavy atom. The summed E-state index contributed by atoms with van der Waals surface area (Å²) in [5.74, 6) is -0.00431. The molecule has 0 bridgehead atoms. The molecule has 3 nitrogen and oxygen atoms in total. The first kappa shape index (κ1) is 12.6. The molecule has 13 heavy (non-hydrogen) atoms. The maximum Gasteiger partial charge on any atom is 0.147 e. The standard InChI is InChI=1S/C9H18O3S/c1-5-9(2,3)8(10)6-7-13(4,11)12/h5-7H2,1-4H3. The second-order valence-corrected chi connectivity index (χ2v) is 6.30. The highest BCUT2D eigenvalue weighted by atomic mass is 32.2. The van der Waals surface area contributed by atoms with Gasteiger partial charge in [-0.15, -0.1) is 0 Å². The molecule has 78 valence electrons. The normalized spacial score (nSPS) is 12.9. The lowest BCUT2D eigenvalue weighted by Gasteiger charge is -2.20. The number of sulfone groups is 1. The molecule has 0 spiro atoms. The summed E-state index contributed by atoms with van der Waals surface area (Å²) in [4.78, 5) is 11.5. The fraction of sp³-hybridized carbons (Fsp3) is 0.889. The second-order valence-electron chi connectivity index (χ2n) is 4.04. The first-order valence-corrected chi connectivity index (χ1v) is 6.46. The Hall–Kier alpha value is -0.380. The lowest BCUT2D eigenvalue weighted by molar-refractivity contribution is -0.126. The average molecular weight is 206 g/mol. The molecule has 0 rings (SSSR count). The van der Waals surface area contributed by atoms with Gasteiger partial charge in [0.05, 0.1) is 5.75 Å². The molecule has 0 amide bonds. The van der Waals surface area contributed by atoms with Gasteiger partial charge < -0.3 is 0 Å². The van der Waals surface area contributed by atoms with Crippen molar-refractivity contribution in [3.8, 4) is 0 Å². The zero-order chi connectivity index (χ0) is 10.7. The van der Waals surface area contributed by atoms with Crippen molar-refractivity contribution in [2.24, 2.45) is 5.41 Å². The van der Waals surface area contributed by atoms with Gasteiger partial charge in [-0.05, 0) is 6.42 Å². The molecule has 0 aliphatic rings. The largest absolute Gasteiger partial charge is 0.299 e. The zero-order valence-corrected chi connectivity index (χ0v) is 9.57.